The smallest absolute Gasteiger partial charge is 0.328 e. The molecule has 1 aromatic carbocycles. The number of carboxylic acid groups (broad SMARTS) is 1. The molecule has 0 amide bonds. The first kappa shape index (κ1) is 13.7. The highest BCUT2D eigenvalue weighted by atomic mass is 16.5. The quantitative estimate of drug-likeness (QED) is 0.842. The molecule has 1 aromatic rings. The zero-order valence-corrected chi connectivity index (χ0v) is 11.7. The lowest BCUT2D eigenvalue weighted by molar-refractivity contribution is -0.131. The Labute approximate surface area is 113 Å². The maximum absolute atomic E-state index is 11.0. The minimum absolute atomic E-state index is 0.391. The minimum Gasteiger partial charge on any atom is -0.496 e. The van der Waals surface area contributed by atoms with Gasteiger partial charge in [-0.25, -0.2) is 4.79 Å². The standard InChI is InChI=1S/C16H20O3/c1-10-11(2)15(19-3)8-7-13(10)14(9-16(17)18)12-5-4-6-12/h7-9,12H,4-6H2,1-3H3,(H,17,18)/b14-9+. The first-order valence-corrected chi connectivity index (χ1v) is 6.63. The molecule has 102 valence electrons. The SMILES string of the molecule is COc1ccc(/C(=C/C(=O)O)C2CCC2)c(C)c1C. The Morgan fingerprint density at radius 2 is 2.00 bits per heavy atom. The van der Waals surface area contributed by atoms with E-state index < -0.39 is 5.97 Å². The third-order valence-corrected chi connectivity index (χ3v) is 4.09. The van der Waals surface area contributed by atoms with Gasteiger partial charge in [0.25, 0.3) is 0 Å². The highest BCUT2D eigenvalue weighted by Gasteiger charge is 2.25. The van der Waals surface area contributed by atoms with Crippen LogP contribution in [0.15, 0.2) is 18.2 Å². The summed E-state index contributed by atoms with van der Waals surface area (Å²) in [7, 11) is 1.65. The van der Waals surface area contributed by atoms with E-state index in [1.807, 2.05) is 26.0 Å². The summed E-state index contributed by atoms with van der Waals surface area (Å²) in [6.07, 6.45) is 4.74. The maximum Gasteiger partial charge on any atom is 0.328 e. The summed E-state index contributed by atoms with van der Waals surface area (Å²) < 4.78 is 5.31. The molecule has 0 aromatic heterocycles. The zero-order chi connectivity index (χ0) is 14.0. The molecule has 1 aliphatic carbocycles. The van der Waals surface area contributed by atoms with Gasteiger partial charge in [-0.05, 0) is 60.9 Å². The first-order chi connectivity index (χ1) is 9.04. The van der Waals surface area contributed by atoms with E-state index in [0.29, 0.717) is 5.92 Å². The average Bonchev–Trinajstić information content (AvgIpc) is 2.29. The summed E-state index contributed by atoms with van der Waals surface area (Å²) in [6, 6.07) is 3.90. The van der Waals surface area contributed by atoms with E-state index in [2.05, 4.69) is 0 Å². The molecule has 1 N–H and O–H groups in total. The molecule has 1 fully saturated rings. The van der Waals surface area contributed by atoms with Crippen molar-refractivity contribution in [3.8, 4) is 5.75 Å². The van der Waals surface area contributed by atoms with Crippen molar-refractivity contribution in [2.24, 2.45) is 5.92 Å². The van der Waals surface area contributed by atoms with Gasteiger partial charge in [-0.3, -0.25) is 0 Å². The van der Waals surface area contributed by atoms with Gasteiger partial charge in [-0.1, -0.05) is 12.5 Å². The number of hydrogen-bond donors (Lipinski definition) is 1. The van der Waals surface area contributed by atoms with Crippen molar-refractivity contribution in [2.75, 3.05) is 7.11 Å². The number of hydrogen-bond acceptors (Lipinski definition) is 2. The van der Waals surface area contributed by atoms with Gasteiger partial charge in [0.1, 0.15) is 5.75 Å². The van der Waals surface area contributed by atoms with Crippen LogP contribution >= 0.6 is 0 Å². The second-order valence-electron chi connectivity index (χ2n) is 5.13. The fourth-order valence-electron chi connectivity index (χ4n) is 2.60. The van der Waals surface area contributed by atoms with Crippen LogP contribution in [0.25, 0.3) is 5.57 Å². The van der Waals surface area contributed by atoms with Crippen LogP contribution in [0.5, 0.6) is 5.75 Å². The van der Waals surface area contributed by atoms with Crippen LogP contribution in [0.2, 0.25) is 0 Å². The predicted molar refractivity (Wildman–Crippen MR) is 75.4 cm³/mol. The van der Waals surface area contributed by atoms with Gasteiger partial charge in [0.2, 0.25) is 0 Å². The highest BCUT2D eigenvalue weighted by molar-refractivity contribution is 5.91. The van der Waals surface area contributed by atoms with Crippen molar-refractivity contribution < 1.29 is 14.6 Å². The number of carbonyl (C=O) groups is 1. The third-order valence-electron chi connectivity index (χ3n) is 4.09. The van der Waals surface area contributed by atoms with E-state index in [0.717, 1.165) is 40.9 Å². The van der Waals surface area contributed by atoms with Gasteiger partial charge in [0.15, 0.2) is 0 Å². The fraction of sp³-hybridized carbons (Fsp3) is 0.438. The van der Waals surface area contributed by atoms with Crippen LogP contribution in [0.1, 0.15) is 36.0 Å². The number of aliphatic carboxylic acids is 1. The monoisotopic (exact) mass is 260 g/mol. The maximum atomic E-state index is 11.0. The summed E-state index contributed by atoms with van der Waals surface area (Å²) in [4.78, 5) is 11.0. The van der Waals surface area contributed by atoms with Crippen molar-refractivity contribution in [2.45, 2.75) is 33.1 Å². The number of rotatable bonds is 4. The molecular formula is C16H20O3. The second-order valence-corrected chi connectivity index (χ2v) is 5.13. The van der Waals surface area contributed by atoms with Crippen LogP contribution in [0.3, 0.4) is 0 Å². The lowest BCUT2D eigenvalue weighted by Gasteiger charge is -2.29. The number of ether oxygens (including phenoxy) is 1. The molecule has 1 aliphatic rings. The van der Waals surface area contributed by atoms with Crippen molar-refractivity contribution in [1.82, 2.24) is 0 Å². The molecule has 0 unspecified atom stereocenters. The van der Waals surface area contributed by atoms with E-state index in [9.17, 15) is 4.79 Å². The minimum atomic E-state index is -0.866. The first-order valence-electron chi connectivity index (χ1n) is 6.63. The fourth-order valence-corrected chi connectivity index (χ4v) is 2.60. The molecular weight excluding hydrogens is 240 g/mol. The molecule has 3 heteroatoms. The molecule has 1 saturated carbocycles. The number of methoxy groups -OCH3 is 1. The van der Waals surface area contributed by atoms with Gasteiger partial charge < -0.3 is 9.84 Å². The predicted octanol–water partition coefficient (Wildman–Crippen LogP) is 3.58. The molecule has 0 aliphatic heterocycles. The molecule has 0 atom stereocenters. The van der Waals surface area contributed by atoms with Crippen molar-refractivity contribution in [1.29, 1.82) is 0 Å². The normalized spacial score (nSPS) is 16.1. The van der Waals surface area contributed by atoms with Gasteiger partial charge in [0.05, 0.1) is 7.11 Å². The highest BCUT2D eigenvalue weighted by Crippen LogP contribution is 2.41. The molecule has 19 heavy (non-hydrogen) atoms. The lowest BCUT2D eigenvalue weighted by Crippen LogP contribution is -2.15. The van der Waals surface area contributed by atoms with E-state index in [-0.39, 0.29) is 0 Å². The van der Waals surface area contributed by atoms with E-state index >= 15 is 0 Å². The Balaban J connectivity index is 2.48. The molecule has 2 rings (SSSR count). The van der Waals surface area contributed by atoms with Crippen LogP contribution < -0.4 is 4.74 Å². The van der Waals surface area contributed by atoms with Crippen LogP contribution in [0.4, 0.5) is 0 Å². The zero-order valence-electron chi connectivity index (χ0n) is 11.7. The van der Waals surface area contributed by atoms with E-state index in [1.54, 1.807) is 7.11 Å². The Morgan fingerprint density at radius 1 is 1.32 bits per heavy atom. The van der Waals surface area contributed by atoms with Crippen molar-refractivity contribution in [3.05, 3.63) is 34.9 Å². The van der Waals surface area contributed by atoms with Crippen molar-refractivity contribution in [3.63, 3.8) is 0 Å². The summed E-state index contributed by atoms with van der Waals surface area (Å²) in [5.41, 5.74) is 4.20. The van der Waals surface area contributed by atoms with Crippen molar-refractivity contribution >= 4 is 11.5 Å². The molecule has 0 radical (unpaired) electrons. The van der Waals surface area contributed by atoms with Crippen LogP contribution in [0, 0.1) is 19.8 Å². The topological polar surface area (TPSA) is 46.5 Å². The summed E-state index contributed by atoms with van der Waals surface area (Å²) >= 11 is 0. The summed E-state index contributed by atoms with van der Waals surface area (Å²) in [6.45, 7) is 4.04. The van der Waals surface area contributed by atoms with Gasteiger partial charge in [-0.15, -0.1) is 0 Å². The molecule has 3 nitrogen and oxygen atoms in total. The van der Waals surface area contributed by atoms with Gasteiger partial charge in [0, 0.05) is 6.08 Å². The van der Waals surface area contributed by atoms with Crippen LogP contribution in [-0.4, -0.2) is 18.2 Å². The largest absolute Gasteiger partial charge is 0.496 e. The van der Waals surface area contributed by atoms with Gasteiger partial charge >= 0.3 is 5.97 Å². The summed E-state index contributed by atoms with van der Waals surface area (Å²) in [5, 5.41) is 9.07. The molecule has 0 spiro atoms. The molecule has 0 saturated heterocycles. The lowest BCUT2D eigenvalue weighted by atomic mass is 9.75. The molecule has 0 heterocycles. The Bertz CT molecular complexity index is 525. The number of benzene rings is 1. The Hall–Kier alpha value is -1.77. The second kappa shape index (κ2) is 5.47. The molecule has 0 bridgehead atoms. The van der Waals surface area contributed by atoms with E-state index in [4.69, 9.17) is 9.84 Å². The summed E-state index contributed by atoms with van der Waals surface area (Å²) in [5.74, 6) is 0.377. The Morgan fingerprint density at radius 3 is 2.47 bits per heavy atom. The van der Waals surface area contributed by atoms with Crippen LogP contribution in [-0.2, 0) is 4.79 Å². The average molecular weight is 260 g/mol. The van der Waals surface area contributed by atoms with Gasteiger partial charge in [-0.2, -0.15) is 0 Å². The number of carboxylic acids is 1. The Kier molecular flexibility index (Phi) is 3.93. The third kappa shape index (κ3) is 2.65. The van der Waals surface area contributed by atoms with E-state index in [1.165, 1.54) is 12.5 Å². The number of allylic oxidation sites excluding steroid dienone is 1.